The summed E-state index contributed by atoms with van der Waals surface area (Å²) in [5.74, 6) is -0.261. The fraction of sp³-hybridized carbons (Fsp3) is 0.529. The first-order chi connectivity index (χ1) is 9.82. The van der Waals surface area contributed by atoms with Crippen LogP contribution in [0.2, 0.25) is 0 Å². The highest BCUT2D eigenvalue weighted by molar-refractivity contribution is 6.00. The first-order valence-electron chi connectivity index (χ1n) is 7.51. The number of hydrogen-bond donors (Lipinski definition) is 1. The van der Waals surface area contributed by atoms with Gasteiger partial charge in [-0.25, -0.2) is 0 Å². The summed E-state index contributed by atoms with van der Waals surface area (Å²) in [7, 11) is 0. The van der Waals surface area contributed by atoms with E-state index in [0.29, 0.717) is 13.0 Å². The summed E-state index contributed by atoms with van der Waals surface area (Å²) in [4.78, 5) is 26.2. The molecule has 114 valence electrons. The standard InChI is InChI=1S/C17H24N2O2/c1-5-17(3,4)18-16(21)13-10-15(20)19(11-13)14-8-6-12(2)7-9-14/h6-9,13H,5,10-11H2,1-4H3,(H,18,21). The molecular formula is C17H24N2O2. The molecule has 21 heavy (non-hydrogen) atoms. The Labute approximate surface area is 126 Å². The first-order valence-corrected chi connectivity index (χ1v) is 7.51. The lowest BCUT2D eigenvalue weighted by atomic mass is 9.99. The molecule has 1 unspecified atom stereocenters. The van der Waals surface area contributed by atoms with Crippen LogP contribution in [0.3, 0.4) is 0 Å². The van der Waals surface area contributed by atoms with Crippen LogP contribution in [0.15, 0.2) is 24.3 Å². The van der Waals surface area contributed by atoms with E-state index in [1.54, 1.807) is 4.90 Å². The summed E-state index contributed by atoms with van der Waals surface area (Å²) >= 11 is 0. The molecular weight excluding hydrogens is 264 g/mol. The molecule has 0 bridgehead atoms. The van der Waals surface area contributed by atoms with Gasteiger partial charge in [-0.2, -0.15) is 0 Å². The SMILES string of the molecule is CCC(C)(C)NC(=O)C1CC(=O)N(c2ccc(C)cc2)C1. The summed E-state index contributed by atoms with van der Waals surface area (Å²) in [5, 5.41) is 3.03. The van der Waals surface area contributed by atoms with Gasteiger partial charge < -0.3 is 10.2 Å². The summed E-state index contributed by atoms with van der Waals surface area (Å²) in [6, 6.07) is 7.83. The van der Waals surface area contributed by atoms with Crippen LogP contribution >= 0.6 is 0 Å². The fourth-order valence-electron chi connectivity index (χ4n) is 2.38. The number of anilines is 1. The number of nitrogens with zero attached hydrogens (tertiary/aromatic N) is 1. The minimum absolute atomic E-state index is 0.0216. The van der Waals surface area contributed by atoms with Gasteiger partial charge in [-0.1, -0.05) is 24.6 Å². The van der Waals surface area contributed by atoms with Gasteiger partial charge in [-0.05, 0) is 39.3 Å². The second-order valence-corrected chi connectivity index (χ2v) is 6.47. The molecule has 1 heterocycles. The van der Waals surface area contributed by atoms with Gasteiger partial charge in [0.05, 0.1) is 5.92 Å². The lowest BCUT2D eigenvalue weighted by Gasteiger charge is -2.26. The monoisotopic (exact) mass is 288 g/mol. The second-order valence-electron chi connectivity index (χ2n) is 6.47. The third kappa shape index (κ3) is 3.63. The molecule has 1 atom stereocenters. The highest BCUT2D eigenvalue weighted by Crippen LogP contribution is 2.26. The smallest absolute Gasteiger partial charge is 0.227 e. The Kier molecular flexibility index (Phi) is 4.35. The van der Waals surface area contributed by atoms with Crippen molar-refractivity contribution in [1.29, 1.82) is 0 Å². The predicted octanol–water partition coefficient (Wildman–Crippen LogP) is 2.65. The van der Waals surface area contributed by atoms with Crippen LogP contribution in [0.4, 0.5) is 5.69 Å². The van der Waals surface area contributed by atoms with Crippen LogP contribution in [-0.4, -0.2) is 23.9 Å². The van der Waals surface area contributed by atoms with Crippen molar-refractivity contribution < 1.29 is 9.59 Å². The molecule has 1 aromatic rings. The molecule has 2 rings (SSSR count). The number of nitrogens with one attached hydrogen (secondary N) is 1. The Hall–Kier alpha value is -1.84. The predicted molar refractivity (Wildman–Crippen MR) is 84.2 cm³/mol. The summed E-state index contributed by atoms with van der Waals surface area (Å²) in [5.41, 5.74) is 1.80. The molecule has 1 N–H and O–H groups in total. The number of hydrogen-bond acceptors (Lipinski definition) is 2. The molecule has 0 spiro atoms. The third-order valence-electron chi connectivity index (χ3n) is 4.19. The number of benzene rings is 1. The molecule has 4 heteroatoms. The zero-order valence-electron chi connectivity index (χ0n) is 13.3. The second kappa shape index (κ2) is 5.88. The molecule has 1 fully saturated rings. The van der Waals surface area contributed by atoms with Crippen molar-refractivity contribution in [1.82, 2.24) is 5.32 Å². The van der Waals surface area contributed by atoms with Gasteiger partial charge in [-0.3, -0.25) is 9.59 Å². The lowest BCUT2D eigenvalue weighted by Crippen LogP contribution is -2.46. The van der Waals surface area contributed by atoms with Crippen LogP contribution in [-0.2, 0) is 9.59 Å². The lowest BCUT2D eigenvalue weighted by molar-refractivity contribution is -0.127. The van der Waals surface area contributed by atoms with Crippen molar-refractivity contribution in [3.63, 3.8) is 0 Å². The molecule has 1 aliphatic rings. The summed E-state index contributed by atoms with van der Waals surface area (Å²) in [6.45, 7) is 8.52. The largest absolute Gasteiger partial charge is 0.351 e. The topological polar surface area (TPSA) is 49.4 Å². The average Bonchev–Trinajstić information content (AvgIpc) is 2.81. The molecule has 0 aromatic heterocycles. The Morgan fingerprint density at radius 2 is 1.95 bits per heavy atom. The number of aryl methyl sites for hydroxylation is 1. The van der Waals surface area contributed by atoms with Crippen LogP contribution < -0.4 is 10.2 Å². The van der Waals surface area contributed by atoms with Crippen molar-refractivity contribution in [2.75, 3.05) is 11.4 Å². The van der Waals surface area contributed by atoms with Gasteiger partial charge in [0.1, 0.15) is 0 Å². The van der Waals surface area contributed by atoms with E-state index in [4.69, 9.17) is 0 Å². The van der Waals surface area contributed by atoms with Crippen molar-refractivity contribution in [3.05, 3.63) is 29.8 Å². The maximum absolute atomic E-state index is 12.3. The van der Waals surface area contributed by atoms with Crippen LogP contribution in [0.25, 0.3) is 0 Å². The van der Waals surface area contributed by atoms with Crippen LogP contribution in [0.1, 0.15) is 39.2 Å². The maximum Gasteiger partial charge on any atom is 0.227 e. The highest BCUT2D eigenvalue weighted by Gasteiger charge is 2.36. The van der Waals surface area contributed by atoms with E-state index in [9.17, 15) is 9.59 Å². The molecule has 0 radical (unpaired) electrons. The molecule has 2 amide bonds. The number of amides is 2. The minimum Gasteiger partial charge on any atom is -0.351 e. The normalized spacial score (nSPS) is 19.0. The Bertz CT molecular complexity index is 534. The van der Waals surface area contributed by atoms with Gasteiger partial charge in [0.15, 0.2) is 0 Å². The Balaban J connectivity index is 2.05. The maximum atomic E-state index is 12.3. The van der Waals surface area contributed by atoms with E-state index in [0.717, 1.165) is 17.7 Å². The summed E-state index contributed by atoms with van der Waals surface area (Å²) in [6.07, 6.45) is 1.15. The van der Waals surface area contributed by atoms with Crippen molar-refractivity contribution in [3.8, 4) is 0 Å². The average molecular weight is 288 g/mol. The van der Waals surface area contributed by atoms with Crippen molar-refractivity contribution >= 4 is 17.5 Å². The van der Waals surface area contributed by atoms with Crippen molar-refractivity contribution in [2.24, 2.45) is 5.92 Å². The number of carbonyl (C=O) groups is 2. The van der Waals surface area contributed by atoms with E-state index in [1.807, 2.05) is 52.0 Å². The third-order valence-corrected chi connectivity index (χ3v) is 4.19. The molecule has 1 saturated heterocycles. The van der Waals surface area contributed by atoms with Gasteiger partial charge in [0, 0.05) is 24.2 Å². The van der Waals surface area contributed by atoms with E-state index in [2.05, 4.69) is 5.32 Å². The first kappa shape index (κ1) is 15.5. The van der Waals surface area contributed by atoms with Crippen LogP contribution in [0.5, 0.6) is 0 Å². The van der Waals surface area contributed by atoms with E-state index < -0.39 is 0 Å². The number of carbonyl (C=O) groups excluding carboxylic acids is 2. The van der Waals surface area contributed by atoms with Gasteiger partial charge in [0.2, 0.25) is 11.8 Å². The van der Waals surface area contributed by atoms with E-state index in [1.165, 1.54) is 0 Å². The highest BCUT2D eigenvalue weighted by atomic mass is 16.2. The Morgan fingerprint density at radius 3 is 2.52 bits per heavy atom. The van der Waals surface area contributed by atoms with E-state index in [-0.39, 0.29) is 23.3 Å². The number of rotatable bonds is 4. The van der Waals surface area contributed by atoms with Crippen LogP contribution in [0, 0.1) is 12.8 Å². The quantitative estimate of drug-likeness (QED) is 0.926. The zero-order valence-corrected chi connectivity index (χ0v) is 13.3. The van der Waals surface area contributed by atoms with Gasteiger partial charge >= 0.3 is 0 Å². The van der Waals surface area contributed by atoms with E-state index >= 15 is 0 Å². The zero-order chi connectivity index (χ0) is 15.6. The molecule has 1 aliphatic heterocycles. The Morgan fingerprint density at radius 1 is 1.33 bits per heavy atom. The molecule has 1 aromatic carbocycles. The van der Waals surface area contributed by atoms with Crippen molar-refractivity contribution in [2.45, 2.75) is 46.1 Å². The molecule has 4 nitrogen and oxygen atoms in total. The molecule has 0 saturated carbocycles. The molecule has 0 aliphatic carbocycles. The fourth-order valence-corrected chi connectivity index (χ4v) is 2.38. The van der Waals surface area contributed by atoms with Gasteiger partial charge in [0.25, 0.3) is 0 Å². The minimum atomic E-state index is -0.260. The van der Waals surface area contributed by atoms with Gasteiger partial charge in [-0.15, -0.1) is 0 Å². The summed E-state index contributed by atoms with van der Waals surface area (Å²) < 4.78 is 0.